The fraction of sp³-hybridized carbons (Fsp3) is 0.333. The molecule has 1 saturated heterocycles. The molecule has 2 aromatic carbocycles. The summed E-state index contributed by atoms with van der Waals surface area (Å²) in [6, 6.07) is 15.7. The quantitative estimate of drug-likeness (QED) is 0.781. The number of amides is 1. The average Bonchev–Trinajstić information content (AvgIpc) is 2.73. The van der Waals surface area contributed by atoms with Gasteiger partial charge in [0.15, 0.2) is 0 Å². The number of carbonyl (C=O) groups is 2. The lowest BCUT2D eigenvalue weighted by atomic mass is 10.2. The minimum atomic E-state index is -1.22. The average molecular weight is 382 g/mol. The summed E-state index contributed by atoms with van der Waals surface area (Å²) in [4.78, 5) is 26.8. The lowest BCUT2D eigenvalue weighted by molar-refractivity contribution is -0.305. The fourth-order valence-electron chi connectivity index (χ4n) is 3.21. The Morgan fingerprint density at radius 2 is 1.39 bits per heavy atom. The molecule has 1 amide bonds. The van der Waals surface area contributed by atoms with Crippen LogP contribution in [0, 0.1) is 0 Å². The topological polar surface area (TPSA) is 84.9 Å². The molecule has 2 aromatic rings. The van der Waals surface area contributed by atoms with Gasteiger partial charge in [0.1, 0.15) is 5.75 Å². The summed E-state index contributed by atoms with van der Waals surface area (Å²) in [6.45, 7) is 3.66. The van der Waals surface area contributed by atoms with Gasteiger partial charge in [-0.05, 0) is 55.0 Å². The van der Waals surface area contributed by atoms with E-state index in [9.17, 15) is 14.7 Å². The second-order valence-electron chi connectivity index (χ2n) is 6.64. The smallest absolute Gasteiger partial charge is 0.224 e. The number of carboxylic acid groups (broad SMARTS) is 1. The van der Waals surface area contributed by atoms with Gasteiger partial charge in [0.05, 0.1) is 7.11 Å². The molecule has 3 rings (SSSR count). The number of nitrogens with one attached hydrogen (secondary N) is 1. The zero-order valence-corrected chi connectivity index (χ0v) is 15.9. The third-order valence-electron chi connectivity index (χ3n) is 4.79. The third-order valence-corrected chi connectivity index (χ3v) is 4.79. The van der Waals surface area contributed by atoms with E-state index < -0.39 is 5.97 Å². The molecule has 1 aliphatic rings. The van der Waals surface area contributed by atoms with Crippen molar-refractivity contribution in [1.29, 1.82) is 0 Å². The second kappa shape index (κ2) is 9.12. The summed E-state index contributed by atoms with van der Waals surface area (Å²) >= 11 is 0. The summed E-state index contributed by atoms with van der Waals surface area (Å²) in [5, 5.41) is 13.1. The number of aliphatic carboxylic acids is 1. The van der Waals surface area contributed by atoms with E-state index in [0.29, 0.717) is 5.69 Å². The molecule has 1 N–H and O–H groups in total. The predicted octanol–water partition coefficient (Wildman–Crippen LogP) is 1.49. The molecule has 0 aromatic heterocycles. The first-order chi connectivity index (χ1) is 13.5. The van der Waals surface area contributed by atoms with Gasteiger partial charge in [0.25, 0.3) is 0 Å². The van der Waals surface area contributed by atoms with Gasteiger partial charge in [-0.2, -0.15) is 0 Å². The monoisotopic (exact) mass is 382 g/mol. The largest absolute Gasteiger partial charge is 0.550 e. The van der Waals surface area contributed by atoms with Crippen molar-refractivity contribution >= 4 is 28.9 Å². The van der Waals surface area contributed by atoms with Crippen molar-refractivity contribution < 1.29 is 19.4 Å². The number of anilines is 3. The molecular weight excluding hydrogens is 358 g/mol. The first kappa shape index (κ1) is 19.5. The maximum absolute atomic E-state index is 11.7. The lowest BCUT2D eigenvalue weighted by Gasteiger charge is -2.37. The molecule has 0 spiro atoms. The van der Waals surface area contributed by atoms with E-state index in [1.807, 2.05) is 36.4 Å². The van der Waals surface area contributed by atoms with E-state index in [2.05, 4.69) is 27.2 Å². The van der Waals surface area contributed by atoms with Crippen molar-refractivity contribution in [2.24, 2.45) is 0 Å². The molecule has 1 fully saturated rings. The highest BCUT2D eigenvalue weighted by atomic mass is 16.5. The number of methoxy groups -OCH3 is 1. The zero-order valence-electron chi connectivity index (χ0n) is 15.9. The predicted molar refractivity (Wildman–Crippen MR) is 107 cm³/mol. The van der Waals surface area contributed by atoms with Gasteiger partial charge >= 0.3 is 0 Å². The summed E-state index contributed by atoms with van der Waals surface area (Å²) < 4.78 is 5.21. The number of benzene rings is 2. The van der Waals surface area contributed by atoms with Gasteiger partial charge in [-0.1, -0.05) is 0 Å². The Morgan fingerprint density at radius 1 is 0.893 bits per heavy atom. The Kier molecular flexibility index (Phi) is 6.37. The van der Waals surface area contributed by atoms with Gasteiger partial charge < -0.3 is 29.8 Å². The summed E-state index contributed by atoms with van der Waals surface area (Å²) in [6.07, 6.45) is -0.361. The molecule has 7 heteroatoms. The fourth-order valence-corrected chi connectivity index (χ4v) is 3.21. The summed E-state index contributed by atoms with van der Waals surface area (Å²) in [7, 11) is 1.66. The van der Waals surface area contributed by atoms with Crippen LogP contribution >= 0.6 is 0 Å². The summed E-state index contributed by atoms with van der Waals surface area (Å²) in [5.74, 6) is -0.696. The molecule has 0 bridgehead atoms. The maximum atomic E-state index is 11.7. The number of carboxylic acids is 1. The third kappa shape index (κ3) is 5.16. The zero-order chi connectivity index (χ0) is 19.9. The van der Waals surface area contributed by atoms with Crippen molar-refractivity contribution in [2.45, 2.75) is 12.8 Å². The molecule has 0 unspecified atom stereocenters. The molecule has 0 radical (unpaired) electrons. The van der Waals surface area contributed by atoms with Crippen LogP contribution in [0.25, 0.3) is 0 Å². The Bertz CT molecular complexity index is 797. The minimum Gasteiger partial charge on any atom is -0.550 e. The van der Waals surface area contributed by atoms with Gasteiger partial charge in [-0.3, -0.25) is 4.79 Å². The van der Waals surface area contributed by atoms with Gasteiger partial charge in [0.2, 0.25) is 5.91 Å². The van der Waals surface area contributed by atoms with E-state index in [4.69, 9.17) is 4.74 Å². The molecule has 1 aliphatic heterocycles. The van der Waals surface area contributed by atoms with E-state index >= 15 is 0 Å². The van der Waals surface area contributed by atoms with Crippen LogP contribution in [0.3, 0.4) is 0 Å². The highest BCUT2D eigenvalue weighted by Crippen LogP contribution is 2.23. The Hall–Kier alpha value is -3.22. The van der Waals surface area contributed by atoms with Crippen LogP contribution in [-0.4, -0.2) is 45.2 Å². The van der Waals surface area contributed by atoms with Gasteiger partial charge in [-0.25, -0.2) is 0 Å². The van der Waals surface area contributed by atoms with Crippen molar-refractivity contribution in [2.75, 3.05) is 48.4 Å². The molecule has 1 heterocycles. The van der Waals surface area contributed by atoms with E-state index in [1.165, 1.54) is 5.69 Å². The van der Waals surface area contributed by atoms with Crippen LogP contribution in [0.1, 0.15) is 12.8 Å². The van der Waals surface area contributed by atoms with E-state index in [1.54, 1.807) is 7.11 Å². The Morgan fingerprint density at radius 3 is 1.86 bits per heavy atom. The van der Waals surface area contributed by atoms with Crippen LogP contribution in [0.5, 0.6) is 5.75 Å². The molecule has 0 aliphatic carbocycles. The molecule has 0 atom stereocenters. The SMILES string of the molecule is COc1ccc(N2CCN(c3ccc(NC(=O)CCC(=O)[O-])cc3)CC2)cc1. The number of hydrogen-bond donors (Lipinski definition) is 1. The van der Waals surface area contributed by atoms with Crippen LogP contribution in [0.4, 0.5) is 17.1 Å². The molecule has 148 valence electrons. The normalized spacial score (nSPS) is 13.9. The Balaban J connectivity index is 1.51. The number of ether oxygens (including phenoxy) is 1. The van der Waals surface area contributed by atoms with E-state index in [-0.39, 0.29) is 18.7 Å². The maximum Gasteiger partial charge on any atom is 0.224 e. The number of rotatable bonds is 7. The van der Waals surface area contributed by atoms with Gasteiger partial charge in [0, 0.05) is 55.6 Å². The van der Waals surface area contributed by atoms with Crippen molar-refractivity contribution in [3.63, 3.8) is 0 Å². The summed E-state index contributed by atoms with van der Waals surface area (Å²) in [5.41, 5.74) is 2.95. The standard InChI is InChI=1S/C21H25N3O4/c1-28-19-8-6-18(7-9-19)24-14-12-23(13-15-24)17-4-2-16(3-5-17)22-20(25)10-11-21(26)27/h2-9H,10-15H2,1H3,(H,22,25)(H,26,27)/p-1. The van der Waals surface area contributed by atoms with Crippen LogP contribution in [0.15, 0.2) is 48.5 Å². The number of piperazine rings is 1. The van der Waals surface area contributed by atoms with E-state index in [0.717, 1.165) is 37.6 Å². The van der Waals surface area contributed by atoms with Crippen molar-refractivity contribution in [3.8, 4) is 5.75 Å². The number of hydrogen-bond acceptors (Lipinski definition) is 6. The highest BCUT2D eigenvalue weighted by molar-refractivity contribution is 5.92. The number of nitrogens with zero attached hydrogens (tertiary/aromatic N) is 2. The molecular formula is C21H24N3O4-. The van der Waals surface area contributed by atoms with Crippen molar-refractivity contribution in [3.05, 3.63) is 48.5 Å². The lowest BCUT2D eigenvalue weighted by Crippen LogP contribution is -2.46. The molecule has 7 nitrogen and oxygen atoms in total. The minimum absolute atomic E-state index is 0.0859. The highest BCUT2D eigenvalue weighted by Gasteiger charge is 2.17. The Labute approximate surface area is 164 Å². The molecule has 28 heavy (non-hydrogen) atoms. The van der Waals surface area contributed by atoms with Gasteiger partial charge in [-0.15, -0.1) is 0 Å². The first-order valence-corrected chi connectivity index (χ1v) is 9.29. The number of carbonyl (C=O) groups excluding carboxylic acids is 2. The van der Waals surface area contributed by atoms with Crippen LogP contribution in [-0.2, 0) is 9.59 Å². The second-order valence-corrected chi connectivity index (χ2v) is 6.64. The molecule has 0 saturated carbocycles. The van der Waals surface area contributed by atoms with Crippen molar-refractivity contribution in [1.82, 2.24) is 0 Å². The first-order valence-electron chi connectivity index (χ1n) is 9.29. The van der Waals surface area contributed by atoms with Crippen LogP contribution in [0.2, 0.25) is 0 Å². The van der Waals surface area contributed by atoms with Crippen LogP contribution < -0.4 is 25.0 Å².